The lowest BCUT2D eigenvalue weighted by Crippen LogP contribution is -2.50. The lowest BCUT2D eigenvalue weighted by Gasteiger charge is -2.32. The Balaban J connectivity index is 1.38. The third kappa shape index (κ3) is 5.98. The van der Waals surface area contributed by atoms with Gasteiger partial charge in [-0.15, -0.1) is 0 Å². The van der Waals surface area contributed by atoms with Crippen LogP contribution in [0, 0.1) is 5.41 Å². The van der Waals surface area contributed by atoms with Crippen LogP contribution in [-0.4, -0.2) is 66.0 Å². The molecule has 0 saturated carbocycles. The van der Waals surface area contributed by atoms with Crippen LogP contribution in [0.1, 0.15) is 71.2 Å². The minimum absolute atomic E-state index is 0.00713. The highest BCUT2D eigenvalue weighted by molar-refractivity contribution is 5.97. The molecule has 0 aliphatic carbocycles. The van der Waals surface area contributed by atoms with E-state index in [0.29, 0.717) is 16.9 Å². The standard InChI is InChI=1S/C38H39N5O9/c1-37(2,3)29-33-42-28(32(46)39-26(18-44)34(47)49-4)30(52-33)38-22-12-8-9-13-24(22)40-35(38)51-27-15-14-21(16-23(27)38)17-25(31(45)43-29)41-36(48)50-19-20-10-6-5-7-11-20/h5-16,25-26,29,35,40,44H,17-19H2,1-4H3,(H,39,46)(H,41,48)(H,43,45)/t25-,26-,29+,35+,38-/m0/s1. The molecule has 0 unspecified atom stereocenters. The number of hydrogen-bond donors (Lipinski definition) is 5. The van der Waals surface area contributed by atoms with Gasteiger partial charge in [0.05, 0.1) is 13.7 Å². The monoisotopic (exact) mass is 709 g/mol. The van der Waals surface area contributed by atoms with Gasteiger partial charge in [-0.3, -0.25) is 9.59 Å². The molecule has 14 nitrogen and oxygen atoms in total. The Hall–Kier alpha value is -5.89. The highest BCUT2D eigenvalue weighted by Gasteiger charge is 2.61. The van der Waals surface area contributed by atoms with Gasteiger partial charge in [-0.05, 0) is 34.2 Å². The zero-order valence-electron chi connectivity index (χ0n) is 29.0. The van der Waals surface area contributed by atoms with Gasteiger partial charge in [0, 0.05) is 17.7 Å². The molecule has 0 fully saturated rings. The molecule has 3 amide bonds. The third-order valence-electron chi connectivity index (χ3n) is 9.60. The van der Waals surface area contributed by atoms with E-state index in [-0.39, 0.29) is 30.4 Å². The SMILES string of the molecule is COC(=O)[C@H](CO)NC(=O)c1nc2oc1[C@@]13c4ccccc4N[C@@H]1Oc1ccc(cc13)C[C@H](NC(=O)OCc1ccccc1)C(=O)N[C@H]2C(C)(C)C. The van der Waals surface area contributed by atoms with Crippen LogP contribution in [-0.2, 0) is 37.5 Å². The molecular formula is C38H39N5O9. The molecule has 0 radical (unpaired) electrons. The van der Waals surface area contributed by atoms with Crippen LogP contribution in [0.4, 0.5) is 10.5 Å². The van der Waals surface area contributed by atoms with Crippen LogP contribution in [0.25, 0.3) is 0 Å². The number of alkyl carbamates (subject to hydrolysis) is 1. The van der Waals surface area contributed by atoms with Crippen LogP contribution < -0.4 is 26.0 Å². The van der Waals surface area contributed by atoms with E-state index in [1.807, 2.05) is 87.5 Å². The molecule has 4 heterocycles. The summed E-state index contributed by atoms with van der Waals surface area (Å²) in [5.41, 5.74) is 1.40. The summed E-state index contributed by atoms with van der Waals surface area (Å²) in [6.45, 7) is 4.89. The normalized spacial score (nSPS) is 21.8. The number of aromatic nitrogens is 1. The van der Waals surface area contributed by atoms with Crippen molar-refractivity contribution in [2.24, 2.45) is 5.41 Å². The Morgan fingerprint density at radius 1 is 1.04 bits per heavy atom. The number of rotatable bonds is 7. The van der Waals surface area contributed by atoms with Gasteiger partial charge >= 0.3 is 12.1 Å². The zero-order valence-corrected chi connectivity index (χ0v) is 29.0. The summed E-state index contributed by atoms with van der Waals surface area (Å²) in [5.74, 6) is -1.58. The first-order valence-electron chi connectivity index (χ1n) is 16.9. The van der Waals surface area contributed by atoms with E-state index in [9.17, 15) is 24.3 Å². The maximum Gasteiger partial charge on any atom is 0.408 e. The minimum Gasteiger partial charge on any atom is -0.469 e. The maximum absolute atomic E-state index is 14.2. The number of oxazole rings is 1. The summed E-state index contributed by atoms with van der Waals surface area (Å²) in [5, 5.41) is 21.7. The Labute approximate surface area is 299 Å². The number of esters is 1. The second-order valence-corrected chi connectivity index (χ2v) is 14.1. The maximum atomic E-state index is 14.2. The molecule has 0 saturated heterocycles. The van der Waals surface area contributed by atoms with Crippen molar-refractivity contribution in [1.82, 2.24) is 20.9 Å². The van der Waals surface area contributed by atoms with Gasteiger partial charge in [0.25, 0.3) is 5.91 Å². The van der Waals surface area contributed by atoms with Crippen LogP contribution in [0.3, 0.4) is 0 Å². The second-order valence-electron chi connectivity index (χ2n) is 14.1. The Kier molecular flexibility index (Phi) is 8.87. The lowest BCUT2D eigenvalue weighted by atomic mass is 9.72. The topological polar surface area (TPSA) is 190 Å². The van der Waals surface area contributed by atoms with Crippen molar-refractivity contribution >= 4 is 29.6 Å². The lowest BCUT2D eigenvalue weighted by molar-refractivity contribution is -0.143. The van der Waals surface area contributed by atoms with Crippen LogP contribution in [0.5, 0.6) is 5.75 Å². The number of ether oxygens (including phenoxy) is 3. The van der Waals surface area contributed by atoms with Gasteiger partial charge in [0.2, 0.25) is 11.8 Å². The molecular weight excluding hydrogens is 670 g/mol. The number of nitrogens with zero attached hydrogens (tertiary/aromatic N) is 1. The molecule has 3 aliphatic heterocycles. The van der Waals surface area contributed by atoms with E-state index in [4.69, 9.17) is 23.6 Å². The smallest absolute Gasteiger partial charge is 0.408 e. The van der Waals surface area contributed by atoms with Crippen LogP contribution in [0.2, 0.25) is 0 Å². The van der Waals surface area contributed by atoms with Crippen molar-refractivity contribution in [3.8, 4) is 5.75 Å². The van der Waals surface area contributed by atoms with E-state index >= 15 is 0 Å². The highest BCUT2D eigenvalue weighted by Crippen LogP contribution is 2.58. The summed E-state index contributed by atoms with van der Waals surface area (Å²) >= 11 is 0. The molecule has 270 valence electrons. The van der Waals surface area contributed by atoms with Gasteiger partial charge in [-0.1, -0.05) is 81.4 Å². The Bertz CT molecular complexity index is 2040. The average Bonchev–Trinajstić information content (AvgIpc) is 3.80. The summed E-state index contributed by atoms with van der Waals surface area (Å²) in [6.07, 6.45) is -1.48. The molecule has 14 heteroatoms. The van der Waals surface area contributed by atoms with E-state index in [2.05, 4.69) is 21.3 Å². The molecule has 4 aromatic rings. The largest absolute Gasteiger partial charge is 0.469 e. The number of para-hydroxylation sites is 1. The van der Waals surface area contributed by atoms with Gasteiger partial charge < -0.3 is 45.0 Å². The average molecular weight is 710 g/mol. The van der Waals surface area contributed by atoms with Crippen LogP contribution in [0.15, 0.2) is 77.2 Å². The number of carbonyl (C=O) groups is 4. The van der Waals surface area contributed by atoms with E-state index < -0.39 is 65.7 Å². The quantitative estimate of drug-likeness (QED) is 0.177. The van der Waals surface area contributed by atoms with Crippen molar-refractivity contribution in [3.05, 3.63) is 112 Å². The van der Waals surface area contributed by atoms with Gasteiger partial charge in [0.15, 0.2) is 23.7 Å². The fraction of sp³-hybridized carbons (Fsp3) is 0.342. The molecule has 3 aliphatic rings. The number of amides is 3. The zero-order chi connectivity index (χ0) is 36.8. The number of carbonyl (C=O) groups excluding carboxylic acids is 4. The van der Waals surface area contributed by atoms with Crippen molar-refractivity contribution in [3.63, 3.8) is 0 Å². The number of hydrogen-bond acceptors (Lipinski definition) is 11. The van der Waals surface area contributed by atoms with Crippen molar-refractivity contribution in [2.45, 2.75) is 63.6 Å². The van der Waals surface area contributed by atoms with Crippen molar-refractivity contribution in [1.29, 1.82) is 0 Å². The number of nitrogens with one attached hydrogen (secondary N) is 4. The van der Waals surface area contributed by atoms with Gasteiger partial charge in [-0.2, -0.15) is 0 Å². The Morgan fingerprint density at radius 3 is 2.52 bits per heavy atom. The predicted octanol–water partition coefficient (Wildman–Crippen LogP) is 3.47. The number of anilines is 1. The third-order valence-corrected chi connectivity index (χ3v) is 9.60. The number of aliphatic hydroxyl groups excluding tert-OH is 1. The summed E-state index contributed by atoms with van der Waals surface area (Å²) in [4.78, 5) is 58.7. The van der Waals surface area contributed by atoms with E-state index in [1.165, 1.54) is 0 Å². The summed E-state index contributed by atoms with van der Waals surface area (Å²) < 4.78 is 23.5. The first kappa shape index (κ1) is 34.6. The molecule has 5 atom stereocenters. The highest BCUT2D eigenvalue weighted by atomic mass is 16.5. The summed E-state index contributed by atoms with van der Waals surface area (Å²) in [6, 6.07) is 18.8. The molecule has 4 bridgehead atoms. The number of benzene rings is 3. The van der Waals surface area contributed by atoms with E-state index in [1.54, 1.807) is 6.07 Å². The van der Waals surface area contributed by atoms with E-state index in [0.717, 1.165) is 23.9 Å². The molecule has 1 aromatic heterocycles. The predicted molar refractivity (Wildman–Crippen MR) is 185 cm³/mol. The molecule has 7 rings (SSSR count). The first-order chi connectivity index (χ1) is 24.9. The summed E-state index contributed by atoms with van der Waals surface area (Å²) in [7, 11) is 1.15. The second kappa shape index (κ2) is 13.3. The van der Waals surface area contributed by atoms with Crippen molar-refractivity contribution < 1.29 is 42.9 Å². The number of methoxy groups -OCH3 is 1. The molecule has 1 spiro atoms. The van der Waals surface area contributed by atoms with Crippen molar-refractivity contribution in [2.75, 3.05) is 19.0 Å². The molecule has 5 N–H and O–H groups in total. The van der Waals surface area contributed by atoms with Gasteiger partial charge in [0.1, 0.15) is 29.9 Å². The molecule has 3 aromatic carbocycles. The number of fused-ring (bicyclic) bond motifs is 4. The fourth-order valence-corrected chi connectivity index (χ4v) is 7.03. The molecule has 52 heavy (non-hydrogen) atoms. The van der Waals surface area contributed by atoms with Gasteiger partial charge in [-0.25, -0.2) is 14.6 Å². The first-order valence-corrected chi connectivity index (χ1v) is 16.9. The number of aliphatic hydroxyl groups is 1. The minimum atomic E-state index is -1.39. The Morgan fingerprint density at radius 2 is 1.79 bits per heavy atom. The van der Waals surface area contributed by atoms with Crippen LogP contribution >= 0.6 is 0 Å². The fourth-order valence-electron chi connectivity index (χ4n) is 7.03.